The summed E-state index contributed by atoms with van der Waals surface area (Å²) < 4.78 is 1.94. The molecule has 0 spiro atoms. The van der Waals surface area contributed by atoms with E-state index in [1.807, 2.05) is 65.2 Å². The van der Waals surface area contributed by atoms with Gasteiger partial charge < -0.3 is 15.2 Å². The number of likely N-dealkylation sites (tertiary alicyclic amines) is 1. The number of nitrogens with one attached hydrogen (secondary N) is 2. The highest BCUT2D eigenvalue weighted by Gasteiger charge is 2.23. The topological polar surface area (TPSA) is 83.0 Å². The lowest BCUT2D eigenvalue weighted by Gasteiger charge is -2.32. The zero-order valence-electron chi connectivity index (χ0n) is 19.8. The van der Waals surface area contributed by atoms with Gasteiger partial charge in [-0.15, -0.1) is 0 Å². The maximum Gasteiger partial charge on any atom is 0.326 e. The highest BCUT2D eigenvalue weighted by Crippen LogP contribution is 2.25. The Morgan fingerprint density at radius 1 is 1.00 bits per heavy atom. The third-order valence-electron chi connectivity index (χ3n) is 6.85. The highest BCUT2D eigenvalue weighted by molar-refractivity contribution is 5.95. The molecule has 0 aliphatic carbocycles. The fraction of sp³-hybridized carbons (Fsp3) is 0.321. The van der Waals surface area contributed by atoms with E-state index in [2.05, 4.69) is 20.2 Å². The minimum atomic E-state index is -0.0410. The Hall–Kier alpha value is -3.71. The van der Waals surface area contributed by atoms with Crippen LogP contribution in [0.3, 0.4) is 0 Å². The van der Waals surface area contributed by atoms with Crippen molar-refractivity contribution < 1.29 is 4.79 Å². The van der Waals surface area contributed by atoms with E-state index in [-0.39, 0.29) is 17.6 Å². The minimum Gasteiger partial charge on any atom is -0.352 e. The van der Waals surface area contributed by atoms with Crippen LogP contribution < -0.4 is 11.0 Å². The van der Waals surface area contributed by atoms with Crippen LogP contribution in [-0.4, -0.2) is 51.5 Å². The van der Waals surface area contributed by atoms with Gasteiger partial charge in [0.2, 0.25) is 0 Å². The predicted molar refractivity (Wildman–Crippen MR) is 139 cm³/mol. The largest absolute Gasteiger partial charge is 0.352 e. The van der Waals surface area contributed by atoms with Gasteiger partial charge in [0.05, 0.1) is 11.0 Å². The molecule has 1 aliphatic rings. The number of carbonyl (C=O) groups is 1. The molecule has 5 rings (SSSR count). The number of nitrogens with zero attached hydrogens (tertiary/aromatic N) is 3. The summed E-state index contributed by atoms with van der Waals surface area (Å²) in [6.45, 7) is 3.66. The van der Waals surface area contributed by atoms with Gasteiger partial charge in [0.15, 0.2) is 0 Å². The lowest BCUT2D eigenvalue weighted by atomic mass is 10.0. The van der Waals surface area contributed by atoms with Gasteiger partial charge in [-0.05, 0) is 68.1 Å². The van der Waals surface area contributed by atoms with Gasteiger partial charge in [0.25, 0.3) is 5.91 Å². The molecular formula is C28H31N5O2. The number of rotatable bonds is 8. The van der Waals surface area contributed by atoms with Crippen molar-refractivity contribution in [2.75, 3.05) is 26.2 Å². The average molecular weight is 470 g/mol. The van der Waals surface area contributed by atoms with Crippen LogP contribution in [0.15, 0.2) is 77.9 Å². The van der Waals surface area contributed by atoms with Crippen LogP contribution in [0.4, 0.5) is 0 Å². The van der Waals surface area contributed by atoms with E-state index in [1.165, 1.54) is 0 Å². The molecule has 2 aromatic heterocycles. The van der Waals surface area contributed by atoms with E-state index in [9.17, 15) is 9.59 Å². The number of unbranched alkanes of at least 4 members (excludes halogenated alkanes) is 1. The van der Waals surface area contributed by atoms with Gasteiger partial charge in [-0.2, -0.15) is 0 Å². The summed E-state index contributed by atoms with van der Waals surface area (Å²) in [6, 6.07) is 19.7. The summed E-state index contributed by atoms with van der Waals surface area (Å²) in [5, 5.41) is 3.05. The molecule has 1 amide bonds. The Labute approximate surface area is 204 Å². The number of hydrogen-bond acceptors (Lipinski definition) is 4. The smallest absolute Gasteiger partial charge is 0.326 e. The molecule has 2 aromatic carbocycles. The van der Waals surface area contributed by atoms with Crippen molar-refractivity contribution >= 4 is 16.9 Å². The normalized spacial score (nSPS) is 14.9. The molecule has 3 heterocycles. The number of pyridine rings is 1. The summed E-state index contributed by atoms with van der Waals surface area (Å²) in [7, 11) is 0. The number of imidazole rings is 1. The number of carbonyl (C=O) groups excluding carboxylic acids is 1. The monoisotopic (exact) mass is 469 g/mol. The van der Waals surface area contributed by atoms with Crippen LogP contribution >= 0.6 is 0 Å². The average Bonchev–Trinajstić information content (AvgIpc) is 3.25. The molecule has 35 heavy (non-hydrogen) atoms. The maximum atomic E-state index is 12.6. The van der Waals surface area contributed by atoms with Crippen molar-refractivity contribution in [2.45, 2.75) is 31.7 Å². The molecule has 1 aliphatic heterocycles. The van der Waals surface area contributed by atoms with E-state index in [1.54, 1.807) is 12.4 Å². The third-order valence-corrected chi connectivity index (χ3v) is 6.85. The summed E-state index contributed by atoms with van der Waals surface area (Å²) in [5.74, 6) is -0.0410. The van der Waals surface area contributed by atoms with Crippen LogP contribution in [0.2, 0.25) is 0 Å². The van der Waals surface area contributed by atoms with Gasteiger partial charge in [0, 0.05) is 49.2 Å². The van der Waals surface area contributed by atoms with Crippen molar-refractivity contribution in [3.63, 3.8) is 0 Å². The van der Waals surface area contributed by atoms with Crippen molar-refractivity contribution in [3.8, 4) is 11.1 Å². The summed E-state index contributed by atoms with van der Waals surface area (Å²) in [6.07, 6.45) is 7.48. The molecule has 4 aromatic rings. The molecule has 1 fully saturated rings. The lowest BCUT2D eigenvalue weighted by molar-refractivity contribution is 0.0952. The summed E-state index contributed by atoms with van der Waals surface area (Å²) >= 11 is 0. The summed E-state index contributed by atoms with van der Waals surface area (Å²) in [4.78, 5) is 34.7. The van der Waals surface area contributed by atoms with E-state index in [0.29, 0.717) is 12.1 Å². The second-order valence-corrected chi connectivity index (χ2v) is 9.18. The predicted octanol–water partition coefficient (Wildman–Crippen LogP) is 4.24. The Balaban J connectivity index is 1.05. The second kappa shape index (κ2) is 10.7. The number of aromatic nitrogens is 3. The molecule has 0 atom stereocenters. The quantitative estimate of drug-likeness (QED) is 0.378. The molecule has 0 unspecified atom stereocenters. The van der Waals surface area contributed by atoms with Gasteiger partial charge in [0.1, 0.15) is 0 Å². The van der Waals surface area contributed by atoms with Gasteiger partial charge >= 0.3 is 5.69 Å². The SMILES string of the molecule is O=C(NCCCCN1CCC(n2c(=O)[nH]c3ccccc32)CC1)c1cccc(-c2cccnc2)c1. The second-order valence-electron chi connectivity index (χ2n) is 9.18. The van der Waals surface area contributed by atoms with Crippen LogP contribution in [0.5, 0.6) is 0 Å². The van der Waals surface area contributed by atoms with Crippen LogP contribution in [0, 0.1) is 0 Å². The number of fused-ring (bicyclic) bond motifs is 1. The first kappa shape index (κ1) is 23.1. The number of para-hydroxylation sites is 2. The van der Waals surface area contributed by atoms with Crippen molar-refractivity contribution in [1.82, 2.24) is 24.8 Å². The highest BCUT2D eigenvalue weighted by atomic mass is 16.2. The van der Waals surface area contributed by atoms with Crippen molar-refractivity contribution in [3.05, 3.63) is 89.1 Å². The Bertz CT molecular complexity index is 1340. The molecule has 1 saturated heterocycles. The molecule has 2 N–H and O–H groups in total. The van der Waals surface area contributed by atoms with E-state index in [4.69, 9.17) is 0 Å². The zero-order chi connectivity index (χ0) is 24.0. The number of piperidine rings is 1. The Morgan fingerprint density at radius 3 is 2.66 bits per heavy atom. The lowest BCUT2D eigenvalue weighted by Crippen LogP contribution is -2.37. The third kappa shape index (κ3) is 5.35. The Morgan fingerprint density at radius 2 is 1.83 bits per heavy atom. The number of aromatic amines is 1. The standard InChI is InChI=1S/C28H31N5O2/c34-27(22-8-5-7-21(19-22)23-9-6-14-29-20-23)30-15-3-4-16-32-17-12-24(13-18-32)33-26-11-2-1-10-25(26)31-28(33)35/h1-2,5-11,14,19-20,24H,3-4,12-13,15-18H2,(H,30,34)(H,31,35). The first-order valence-corrected chi connectivity index (χ1v) is 12.4. The van der Waals surface area contributed by atoms with Crippen molar-refractivity contribution in [1.29, 1.82) is 0 Å². The van der Waals surface area contributed by atoms with E-state index < -0.39 is 0 Å². The van der Waals surface area contributed by atoms with E-state index in [0.717, 1.165) is 67.5 Å². The first-order chi connectivity index (χ1) is 17.2. The first-order valence-electron chi connectivity index (χ1n) is 12.4. The van der Waals surface area contributed by atoms with E-state index >= 15 is 0 Å². The molecule has 7 heteroatoms. The fourth-order valence-corrected chi connectivity index (χ4v) is 4.98. The minimum absolute atomic E-state index is 0.00800. The zero-order valence-corrected chi connectivity index (χ0v) is 19.8. The maximum absolute atomic E-state index is 12.6. The molecule has 0 radical (unpaired) electrons. The molecular weight excluding hydrogens is 438 g/mol. The fourth-order valence-electron chi connectivity index (χ4n) is 4.98. The number of hydrogen-bond donors (Lipinski definition) is 2. The van der Waals surface area contributed by atoms with Crippen molar-refractivity contribution in [2.24, 2.45) is 0 Å². The Kier molecular flexibility index (Phi) is 7.04. The van der Waals surface area contributed by atoms with Crippen LogP contribution in [-0.2, 0) is 0 Å². The van der Waals surface area contributed by atoms with Gasteiger partial charge in [-0.3, -0.25) is 14.3 Å². The molecule has 180 valence electrons. The number of amides is 1. The molecule has 0 saturated carbocycles. The van der Waals surface area contributed by atoms with Gasteiger partial charge in [-0.1, -0.05) is 30.3 Å². The number of H-pyrrole nitrogens is 1. The number of benzene rings is 2. The summed E-state index contributed by atoms with van der Waals surface area (Å²) in [5.41, 5.74) is 4.56. The van der Waals surface area contributed by atoms with Crippen LogP contribution in [0.25, 0.3) is 22.2 Å². The molecule has 0 bridgehead atoms. The van der Waals surface area contributed by atoms with Gasteiger partial charge in [-0.25, -0.2) is 4.79 Å². The van der Waals surface area contributed by atoms with Crippen LogP contribution in [0.1, 0.15) is 42.1 Å². The molecule has 7 nitrogen and oxygen atoms in total.